The standard InChI is InChI=1S/CH2NO.Ca.2H/c2-1-3;;;/h(H2,2,3);;;. The molecule has 0 rings (SSSR count). The van der Waals surface area contributed by atoms with Crippen LogP contribution in [0.25, 0.3) is 0 Å². The Labute approximate surface area is 54.4 Å². The first-order chi connectivity index (χ1) is 1.41. The molecule has 1 amide bonds. The van der Waals surface area contributed by atoms with Crippen molar-refractivity contribution in [2.75, 3.05) is 0 Å². The van der Waals surface area contributed by atoms with E-state index in [2.05, 4.69) is 5.73 Å². The second-order valence-electron chi connectivity index (χ2n) is 0.118. The van der Waals surface area contributed by atoms with Gasteiger partial charge in [-0.3, -0.25) is 4.79 Å². The van der Waals surface area contributed by atoms with E-state index in [9.17, 15) is 0 Å². The molecule has 0 aliphatic rings. The summed E-state index contributed by atoms with van der Waals surface area (Å²) in [5.74, 6) is 0. The first kappa shape index (κ1) is 8.83. The third-order valence-corrected chi connectivity index (χ3v) is 0. The summed E-state index contributed by atoms with van der Waals surface area (Å²) in [5.41, 5.74) is 4.04. The Bertz CT molecular complexity index is 15.5. The summed E-state index contributed by atoms with van der Waals surface area (Å²) < 4.78 is 0. The van der Waals surface area contributed by atoms with Crippen molar-refractivity contribution in [1.29, 1.82) is 0 Å². The fourth-order valence-electron chi connectivity index (χ4n) is 0. The van der Waals surface area contributed by atoms with Crippen molar-refractivity contribution in [3.05, 3.63) is 0 Å². The number of hydrogen-bond donors (Lipinski definition) is 1. The van der Waals surface area contributed by atoms with Gasteiger partial charge in [-0.1, -0.05) is 0 Å². The maximum atomic E-state index is 8.46. The van der Waals surface area contributed by atoms with E-state index in [0.29, 0.717) is 0 Å². The Balaban J connectivity index is 0. The molecule has 0 aromatic heterocycles. The summed E-state index contributed by atoms with van der Waals surface area (Å²) in [6.45, 7) is 0. The van der Waals surface area contributed by atoms with Gasteiger partial charge in [-0.05, 0) is 0 Å². The number of primary amides is 1. The molecule has 0 aromatic carbocycles. The molecule has 0 aliphatic heterocycles. The number of hydrogen-bond acceptors (Lipinski definition) is 1. The minimum absolute atomic E-state index is 0. The van der Waals surface area contributed by atoms with Crippen LogP contribution in [-0.2, 0) is 4.79 Å². The SMILES string of the molecule is N[C]=O.[CaH2]. The fourth-order valence-corrected chi connectivity index (χ4v) is 0. The molecule has 0 aliphatic carbocycles. The van der Waals surface area contributed by atoms with Crippen molar-refractivity contribution in [1.82, 2.24) is 0 Å². The van der Waals surface area contributed by atoms with Crippen molar-refractivity contribution in [3.63, 3.8) is 0 Å². The zero-order chi connectivity index (χ0) is 2.71. The van der Waals surface area contributed by atoms with Crippen molar-refractivity contribution in [2.45, 2.75) is 0 Å². The molecule has 0 saturated heterocycles. The molecule has 0 spiro atoms. The molecule has 3 heteroatoms. The van der Waals surface area contributed by atoms with E-state index in [1.165, 1.54) is 0 Å². The van der Waals surface area contributed by atoms with Gasteiger partial charge in [0.15, 0.2) is 0 Å². The zero-order valence-electron chi connectivity index (χ0n) is 1.49. The number of rotatable bonds is 0. The van der Waals surface area contributed by atoms with Crippen LogP contribution in [0.1, 0.15) is 0 Å². The van der Waals surface area contributed by atoms with Gasteiger partial charge in [0.25, 0.3) is 0 Å². The zero-order valence-corrected chi connectivity index (χ0v) is 1.49. The third-order valence-electron chi connectivity index (χ3n) is 0. The van der Waals surface area contributed by atoms with E-state index in [-0.39, 0.29) is 37.7 Å². The molecule has 0 atom stereocenters. The summed E-state index contributed by atoms with van der Waals surface area (Å²) in [4.78, 5) is 8.46. The number of amides is 1. The molecule has 1 radical (unpaired) electrons. The van der Waals surface area contributed by atoms with Gasteiger partial charge < -0.3 is 5.73 Å². The van der Waals surface area contributed by atoms with Gasteiger partial charge in [-0.2, -0.15) is 0 Å². The average Bonchev–Trinajstić information content (AvgIpc) is 0.918. The van der Waals surface area contributed by atoms with Crippen LogP contribution in [0.15, 0.2) is 0 Å². The van der Waals surface area contributed by atoms with Crippen LogP contribution in [0, 0.1) is 0 Å². The molecule has 2 nitrogen and oxygen atoms in total. The van der Waals surface area contributed by atoms with Crippen molar-refractivity contribution in [2.24, 2.45) is 5.73 Å². The minimum atomic E-state index is 0. The molecule has 0 fully saturated rings. The molecule has 0 unspecified atom stereocenters. The summed E-state index contributed by atoms with van der Waals surface area (Å²) in [5, 5.41) is 0. The fraction of sp³-hybridized carbons (Fsp3) is 0. The Morgan fingerprint density at radius 2 is 1.75 bits per heavy atom. The number of nitrogens with two attached hydrogens (primary N) is 1. The predicted molar refractivity (Wildman–Crippen MR) is 18.4 cm³/mol. The Morgan fingerprint density at radius 1 is 1.75 bits per heavy atom. The second-order valence-corrected chi connectivity index (χ2v) is 0.118. The molecule has 0 heterocycles. The quantitative estimate of drug-likeness (QED) is 0.271. The van der Waals surface area contributed by atoms with Crippen molar-refractivity contribution >= 4 is 44.1 Å². The molecule has 0 aromatic rings. The second kappa shape index (κ2) is 9.29. The summed E-state index contributed by atoms with van der Waals surface area (Å²) in [6.07, 6.45) is 1.00. The summed E-state index contributed by atoms with van der Waals surface area (Å²) in [6, 6.07) is 0. The molecule has 21 valence electrons. The van der Waals surface area contributed by atoms with Crippen LogP contribution in [0.4, 0.5) is 0 Å². The summed E-state index contributed by atoms with van der Waals surface area (Å²) in [7, 11) is 0. The van der Waals surface area contributed by atoms with Gasteiger partial charge in [-0.25, -0.2) is 0 Å². The van der Waals surface area contributed by atoms with Gasteiger partial charge >= 0.3 is 44.1 Å². The Morgan fingerprint density at radius 3 is 1.75 bits per heavy atom. The van der Waals surface area contributed by atoms with Gasteiger partial charge in [0.05, 0.1) is 0 Å². The van der Waals surface area contributed by atoms with Crippen molar-refractivity contribution < 1.29 is 4.79 Å². The predicted octanol–water partition coefficient (Wildman–Crippen LogP) is -1.90. The van der Waals surface area contributed by atoms with Crippen LogP contribution in [0.3, 0.4) is 0 Å². The molecular formula is CH4CaNO. The number of carbonyl (C=O) groups excluding carboxylic acids is 1. The van der Waals surface area contributed by atoms with Crippen LogP contribution in [-0.4, -0.2) is 44.1 Å². The molecule has 2 N–H and O–H groups in total. The van der Waals surface area contributed by atoms with Crippen LogP contribution in [0.2, 0.25) is 0 Å². The molecule has 0 bridgehead atoms. The maximum absolute atomic E-state index is 8.46. The van der Waals surface area contributed by atoms with E-state index in [0.717, 1.165) is 6.41 Å². The molecular weight excluding hydrogens is 82.1 g/mol. The van der Waals surface area contributed by atoms with Crippen LogP contribution in [0.5, 0.6) is 0 Å². The average molecular weight is 86.1 g/mol. The van der Waals surface area contributed by atoms with Gasteiger partial charge in [-0.15, -0.1) is 0 Å². The first-order valence-electron chi connectivity index (χ1n) is 0.493. The topological polar surface area (TPSA) is 43.1 Å². The monoisotopic (exact) mass is 86.0 g/mol. The van der Waals surface area contributed by atoms with Gasteiger partial charge in [0, 0.05) is 0 Å². The van der Waals surface area contributed by atoms with E-state index in [1.807, 2.05) is 0 Å². The van der Waals surface area contributed by atoms with Crippen LogP contribution >= 0.6 is 0 Å². The molecule has 4 heavy (non-hydrogen) atoms. The Hall–Kier alpha value is 0.730. The van der Waals surface area contributed by atoms with E-state index >= 15 is 0 Å². The van der Waals surface area contributed by atoms with Gasteiger partial charge in [0.1, 0.15) is 0 Å². The normalized spacial score (nSPS) is 3.00. The summed E-state index contributed by atoms with van der Waals surface area (Å²) >= 11 is 0. The van der Waals surface area contributed by atoms with E-state index < -0.39 is 0 Å². The van der Waals surface area contributed by atoms with Crippen LogP contribution < -0.4 is 5.73 Å². The Kier molecular flexibility index (Phi) is 20.5. The third kappa shape index (κ3) is 15.3. The van der Waals surface area contributed by atoms with E-state index in [1.54, 1.807) is 0 Å². The first-order valence-corrected chi connectivity index (χ1v) is 0.493. The van der Waals surface area contributed by atoms with Gasteiger partial charge in [0.2, 0.25) is 0 Å². The molecule has 0 saturated carbocycles. The van der Waals surface area contributed by atoms with E-state index in [4.69, 9.17) is 4.79 Å². The van der Waals surface area contributed by atoms with Crippen molar-refractivity contribution in [3.8, 4) is 0 Å².